The fraction of sp³-hybridized carbons (Fsp3) is 0.235. The number of carbonyl (C=O) groups excluding carboxylic acids is 1. The molecule has 3 nitrogen and oxygen atoms in total. The van der Waals surface area contributed by atoms with Crippen molar-refractivity contribution in [2.75, 3.05) is 0 Å². The maximum Gasteiger partial charge on any atom is 0.241 e. The van der Waals surface area contributed by atoms with Crippen molar-refractivity contribution in [3.63, 3.8) is 0 Å². The van der Waals surface area contributed by atoms with E-state index in [1.165, 1.54) is 0 Å². The average molecular weight is 303 g/mol. The van der Waals surface area contributed by atoms with Crippen LogP contribution in [-0.4, -0.2) is 5.91 Å². The molecule has 1 unspecified atom stereocenters. The molecule has 2 atom stereocenters. The van der Waals surface area contributed by atoms with Crippen LogP contribution < -0.4 is 11.1 Å². The molecule has 0 aliphatic rings. The average Bonchev–Trinajstić information content (AvgIpc) is 2.47. The second kappa shape index (κ2) is 6.74. The maximum atomic E-state index is 12.2. The van der Waals surface area contributed by atoms with Gasteiger partial charge in [0.1, 0.15) is 6.04 Å². The Labute approximate surface area is 130 Å². The number of nitrogens with two attached hydrogens (primary N) is 1. The topological polar surface area (TPSA) is 55.1 Å². The summed E-state index contributed by atoms with van der Waals surface area (Å²) in [6.07, 6.45) is 0. The van der Waals surface area contributed by atoms with E-state index in [1.807, 2.05) is 50.2 Å². The van der Waals surface area contributed by atoms with Gasteiger partial charge in [-0.15, -0.1) is 0 Å². The molecular formula is C17H19ClN2O. The summed E-state index contributed by atoms with van der Waals surface area (Å²) in [5.74, 6) is -0.193. The first-order valence-electron chi connectivity index (χ1n) is 6.85. The Bertz CT molecular complexity index is 608. The monoisotopic (exact) mass is 302 g/mol. The van der Waals surface area contributed by atoms with Gasteiger partial charge in [-0.1, -0.05) is 53.6 Å². The van der Waals surface area contributed by atoms with E-state index in [9.17, 15) is 4.79 Å². The summed E-state index contributed by atoms with van der Waals surface area (Å²) >= 11 is 5.86. The van der Waals surface area contributed by atoms with E-state index in [0.29, 0.717) is 5.02 Å². The Kier molecular flexibility index (Phi) is 4.99. The summed E-state index contributed by atoms with van der Waals surface area (Å²) in [5.41, 5.74) is 8.94. The van der Waals surface area contributed by atoms with Crippen LogP contribution in [0.2, 0.25) is 5.02 Å². The normalized spacial score (nSPS) is 13.5. The lowest BCUT2D eigenvalue weighted by Crippen LogP contribution is -2.35. The first-order chi connectivity index (χ1) is 9.97. The standard InChI is InChI=1S/C17H19ClN2O/c1-11-3-5-14(6-4-11)16(19)17(21)20-12(2)13-7-9-15(18)10-8-13/h3-10,12,16H,19H2,1-2H3,(H,20,21)/t12-,16?/m0/s1. The van der Waals surface area contributed by atoms with Crippen molar-refractivity contribution in [3.8, 4) is 0 Å². The summed E-state index contributed by atoms with van der Waals surface area (Å²) in [7, 11) is 0. The molecule has 0 fully saturated rings. The zero-order valence-electron chi connectivity index (χ0n) is 12.1. The molecule has 21 heavy (non-hydrogen) atoms. The number of aryl methyl sites for hydroxylation is 1. The van der Waals surface area contributed by atoms with Gasteiger partial charge in [-0.2, -0.15) is 0 Å². The minimum atomic E-state index is -0.666. The van der Waals surface area contributed by atoms with Gasteiger partial charge in [0.15, 0.2) is 0 Å². The van der Waals surface area contributed by atoms with Crippen molar-refractivity contribution < 1.29 is 4.79 Å². The second-order valence-electron chi connectivity index (χ2n) is 5.17. The molecule has 0 aliphatic carbocycles. The molecule has 110 valence electrons. The van der Waals surface area contributed by atoms with Gasteiger partial charge in [-0.3, -0.25) is 4.79 Å². The van der Waals surface area contributed by atoms with Crippen LogP contribution >= 0.6 is 11.6 Å². The maximum absolute atomic E-state index is 12.2. The van der Waals surface area contributed by atoms with Crippen molar-refractivity contribution in [2.24, 2.45) is 5.73 Å². The summed E-state index contributed by atoms with van der Waals surface area (Å²) in [6, 6.07) is 14.3. The van der Waals surface area contributed by atoms with Gasteiger partial charge >= 0.3 is 0 Å². The third-order valence-corrected chi connectivity index (χ3v) is 3.70. The van der Waals surface area contributed by atoms with Crippen LogP contribution in [0.3, 0.4) is 0 Å². The molecule has 0 aromatic heterocycles. The van der Waals surface area contributed by atoms with Crippen LogP contribution in [-0.2, 0) is 4.79 Å². The summed E-state index contributed by atoms with van der Waals surface area (Å²) in [4.78, 5) is 12.2. The van der Waals surface area contributed by atoms with Crippen LogP contribution in [0.15, 0.2) is 48.5 Å². The predicted molar refractivity (Wildman–Crippen MR) is 86.1 cm³/mol. The fourth-order valence-corrected chi connectivity index (χ4v) is 2.19. The fourth-order valence-electron chi connectivity index (χ4n) is 2.06. The van der Waals surface area contributed by atoms with Gasteiger partial charge in [-0.25, -0.2) is 0 Å². The molecule has 2 aromatic rings. The second-order valence-corrected chi connectivity index (χ2v) is 5.61. The minimum absolute atomic E-state index is 0.119. The van der Waals surface area contributed by atoms with E-state index < -0.39 is 6.04 Å². The molecule has 4 heteroatoms. The zero-order valence-corrected chi connectivity index (χ0v) is 12.9. The van der Waals surface area contributed by atoms with E-state index in [2.05, 4.69) is 5.32 Å². The lowest BCUT2D eigenvalue weighted by atomic mass is 10.0. The number of halogens is 1. The number of rotatable bonds is 4. The van der Waals surface area contributed by atoms with Crippen molar-refractivity contribution in [1.82, 2.24) is 5.32 Å². The number of benzene rings is 2. The highest BCUT2D eigenvalue weighted by atomic mass is 35.5. The van der Waals surface area contributed by atoms with E-state index >= 15 is 0 Å². The van der Waals surface area contributed by atoms with Crippen molar-refractivity contribution in [3.05, 3.63) is 70.2 Å². The molecule has 0 saturated carbocycles. The van der Waals surface area contributed by atoms with Crippen LogP contribution in [0.25, 0.3) is 0 Å². The van der Waals surface area contributed by atoms with E-state index in [1.54, 1.807) is 12.1 Å². The van der Waals surface area contributed by atoms with Gasteiger partial charge in [-0.05, 0) is 37.1 Å². The first kappa shape index (κ1) is 15.5. The SMILES string of the molecule is Cc1ccc(C(N)C(=O)N[C@@H](C)c2ccc(Cl)cc2)cc1. The highest BCUT2D eigenvalue weighted by molar-refractivity contribution is 6.30. The van der Waals surface area contributed by atoms with Gasteiger partial charge in [0.05, 0.1) is 6.04 Å². The largest absolute Gasteiger partial charge is 0.348 e. The van der Waals surface area contributed by atoms with Crippen LogP contribution in [0.1, 0.15) is 35.7 Å². The molecule has 0 bridgehead atoms. The van der Waals surface area contributed by atoms with Crippen LogP contribution in [0.5, 0.6) is 0 Å². The number of hydrogen-bond donors (Lipinski definition) is 2. The Hall–Kier alpha value is -1.84. The number of nitrogens with one attached hydrogen (secondary N) is 1. The molecule has 0 heterocycles. The lowest BCUT2D eigenvalue weighted by molar-refractivity contribution is -0.123. The quantitative estimate of drug-likeness (QED) is 0.908. The Morgan fingerprint density at radius 1 is 1.05 bits per heavy atom. The van der Waals surface area contributed by atoms with E-state index in [0.717, 1.165) is 16.7 Å². The molecule has 3 N–H and O–H groups in total. The Morgan fingerprint density at radius 2 is 1.57 bits per heavy atom. The summed E-state index contributed by atoms with van der Waals surface area (Å²) in [6.45, 7) is 3.92. The summed E-state index contributed by atoms with van der Waals surface area (Å²) in [5, 5.41) is 3.60. The molecule has 0 aliphatic heterocycles. The summed E-state index contributed by atoms with van der Waals surface area (Å²) < 4.78 is 0. The van der Waals surface area contributed by atoms with Crippen molar-refractivity contribution in [2.45, 2.75) is 25.9 Å². The number of hydrogen-bond acceptors (Lipinski definition) is 2. The molecule has 2 rings (SSSR count). The van der Waals surface area contributed by atoms with Gasteiger partial charge in [0, 0.05) is 5.02 Å². The zero-order chi connectivity index (χ0) is 15.4. The molecule has 1 amide bonds. The molecule has 2 aromatic carbocycles. The van der Waals surface area contributed by atoms with Crippen molar-refractivity contribution in [1.29, 1.82) is 0 Å². The smallest absolute Gasteiger partial charge is 0.241 e. The minimum Gasteiger partial charge on any atom is -0.348 e. The van der Waals surface area contributed by atoms with Crippen LogP contribution in [0.4, 0.5) is 0 Å². The van der Waals surface area contributed by atoms with Gasteiger partial charge < -0.3 is 11.1 Å². The third kappa shape index (κ3) is 4.06. The predicted octanol–water partition coefficient (Wildman–Crippen LogP) is 3.53. The molecular weight excluding hydrogens is 284 g/mol. The van der Waals surface area contributed by atoms with E-state index in [4.69, 9.17) is 17.3 Å². The molecule has 0 saturated heterocycles. The first-order valence-corrected chi connectivity index (χ1v) is 7.23. The Balaban J connectivity index is 2.03. The van der Waals surface area contributed by atoms with Gasteiger partial charge in [0.25, 0.3) is 0 Å². The van der Waals surface area contributed by atoms with Crippen molar-refractivity contribution >= 4 is 17.5 Å². The number of carbonyl (C=O) groups is 1. The van der Waals surface area contributed by atoms with E-state index in [-0.39, 0.29) is 11.9 Å². The molecule has 0 radical (unpaired) electrons. The molecule has 0 spiro atoms. The Morgan fingerprint density at radius 3 is 2.14 bits per heavy atom. The lowest BCUT2D eigenvalue weighted by Gasteiger charge is -2.18. The highest BCUT2D eigenvalue weighted by Gasteiger charge is 2.18. The third-order valence-electron chi connectivity index (χ3n) is 3.45. The van der Waals surface area contributed by atoms with Crippen LogP contribution in [0, 0.1) is 6.92 Å². The number of amides is 1. The highest BCUT2D eigenvalue weighted by Crippen LogP contribution is 2.18. The van der Waals surface area contributed by atoms with Gasteiger partial charge in [0.2, 0.25) is 5.91 Å².